The zero-order valence-electron chi connectivity index (χ0n) is 11.5. The van der Waals surface area contributed by atoms with Gasteiger partial charge in [-0.05, 0) is 30.0 Å². The molecule has 0 N–H and O–H groups in total. The Labute approximate surface area is 109 Å². The highest BCUT2D eigenvalue weighted by Gasteiger charge is 2.13. The van der Waals surface area contributed by atoms with Crippen LogP contribution in [0.25, 0.3) is 10.9 Å². The Balaban J connectivity index is 0.000000686. The number of benzene rings is 1. The van der Waals surface area contributed by atoms with Gasteiger partial charge in [-0.1, -0.05) is 39.3 Å². The fourth-order valence-electron chi connectivity index (χ4n) is 2.12. The molecule has 1 aromatic carbocycles. The van der Waals surface area contributed by atoms with E-state index in [2.05, 4.69) is 32.1 Å². The number of hydrogen-bond acceptors (Lipinski definition) is 1. The molecule has 0 saturated carbocycles. The molecule has 0 saturated heterocycles. The van der Waals surface area contributed by atoms with Crippen LogP contribution in [0, 0.1) is 6.92 Å². The molecule has 2 nitrogen and oxygen atoms in total. The Hall–Kier alpha value is -1.02. The van der Waals surface area contributed by atoms with E-state index in [9.17, 15) is 0 Å². The van der Waals surface area contributed by atoms with Crippen LogP contribution in [-0.4, -0.2) is 9.78 Å². The first-order valence-corrected chi connectivity index (χ1v) is 6.51. The first kappa shape index (κ1) is 14.0. The molecule has 2 rings (SSSR count). The molecule has 0 spiro atoms. The van der Waals surface area contributed by atoms with Gasteiger partial charge in [0.05, 0.1) is 5.52 Å². The molecular weight excluding hydrogens is 232 g/mol. The van der Waals surface area contributed by atoms with Crippen LogP contribution in [0.1, 0.15) is 44.7 Å². The van der Waals surface area contributed by atoms with Crippen molar-refractivity contribution in [1.29, 1.82) is 0 Å². The zero-order valence-corrected chi connectivity index (χ0v) is 12.3. The highest BCUT2D eigenvalue weighted by Crippen LogP contribution is 2.32. The quantitative estimate of drug-likeness (QED) is 0.720. The third-order valence-electron chi connectivity index (χ3n) is 2.75. The lowest BCUT2D eigenvalue weighted by Crippen LogP contribution is -1.93. The summed E-state index contributed by atoms with van der Waals surface area (Å²) in [5.74, 6) is 0.468. The third-order valence-corrected chi connectivity index (χ3v) is 3.14. The van der Waals surface area contributed by atoms with Gasteiger partial charge in [0.2, 0.25) is 0 Å². The van der Waals surface area contributed by atoms with Crippen LogP contribution in [-0.2, 0) is 7.05 Å². The molecular formula is C14H21ClN2. The van der Waals surface area contributed by atoms with E-state index in [1.807, 2.05) is 31.6 Å². The van der Waals surface area contributed by atoms with E-state index in [0.29, 0.717) is 5.92 Å². The van der Waals surface area contributed by atoms with Gasteiger partial charge >= 0.3 is 0 Å². The minimum absolute atomic E-state index is 0.468. The second-order valence-corrected chi connectivity index (χ2v) is 4.69. The van der Waals surface area contributed by atoms with Crippen LogP contribution in [0.5, 0.6) is 0 Å². The Morgan fingerprint density at radius 3 is 2.41 bits per heavy atom. The molecule has 0 aliphatic rings. The Morgan fingerprint density at radius 1 is 1.29 bits per heavy atom. The summed E-state index contributed by atoms with van der Waals surface area (Å²) in [5, 5.41) is 6.42. The molecule has 3 heteroatoms. The summed E-state index contributed by atoms with van der Waals surface area (Å²) in [7, 11) is 1.94. The summed E-state index contributed by atoms with van der Waals surface area (Å²) in [5.41, 5.74) is 3.47. The second-order valence-electron chi connectivity index (χ2n) is 4.29. The summed E-state index contributed by atoms with van der Waals surface area (Å²) in [6, 6.07) is 1.94. The highest BCUT2D eigenvalue weighted by atomic mass is 35.5. The standard InChI is InChI=1S/C12H15ClN2.C2H6/c1-7(2)12-8(3)10(13)5-11-9(12)6-15(4)14-11;1-2/h5-7H,1-4H3;1-2H3. The molecule has 2 aromatic rings. The molecule has 0 aliphatic carbocycles. The maximum Gasteiger partial charge on any atom is 0.0941 e. The van der Waals surface area contributed by atoms with Crippen molar-refractivity contribution < 1.29 is 0 Å². The minimum atomic E-state index is 0.468. The summed E-state index contributed by atoms with van der Waals surface area (Å²) >= 11 is 6.20. The van der Waals surface area contributed by atoms with Crippen LogP contribution in [0.3, 0.4) is 0 Å². The summed E-state index contributed by atoms with van der Waals surface area (Å²) in [6.07, 6.45) is 2.06. The van der Waals surface area contributed by atoms with E-state index in [0.717, 1.165) is 10.5 Å². The van der Waals surface area contributed by atoms with Crippen LogP contribution < -0.4 is 0 Å². The number of fused-ring (bicyclic) bond motifs is 1. The molecule has 94 valence electrons. The topological polar surface area (TPSA) is 17.8 Å². The number of halogens is 1. The first-order chi connectivity index (χ1) is 8.00. The maximum absolute atomic E-state index is 6.20. The van der Waals surface area contributed by atoms with Crippen molar-refractivity contribution in [3.05, 3.63) is 28.4 Å². The van der Waals surface area contributed by atoms with Gasteiger partial charge in [-0.25, -0.2) is 0 Å². The van der Waals surface area contributed by atoms with E-state index < -0.39 is 0 Å². The lowest BCUT2D eigenvalue weighted by molar-refractivity contribution is 0.779. The number of nitrogens with zero attached hydrogens (tertiary/aromatic N) is 2. The van der Waals surface area contributed by atoms with Crippen molar-refractivity contribution >= 4 is 22.5 Å². The minimum Gasteiger partial charge on any atom is -0.275 e. The third kappa shape index (κ3) is 2.63. The van der Waals surface area contributed by atoms with Gasteiger partial charge in [-0.2, -0.15) is 5.10 Å². The fraction of sp³-hybridized carbons (Fsp3) is 0.500. The molecule has 0 radical (unpaired) electrons. The largest absolute Gasteiger partial charge is 0.275 e. The molecule has 0 atom stereocenters. The number of aryl methyl sites for hydroxylation is 1. The zero-order chi connectivity index (χ0) is 13.2. The van der Waals surface area contributed by atoms with E-state index in [1.165, 1.54) is 16.5 Å². The summed E-state index contributed by atoms with van der Waals surface area (Å²) in [4.78, 5) is 0. The second kappa shape index (κ2) is 5.54. The van der Waals surface area contributed by atoms with Gasteiger partial charge in [0.15, 0.2) is 0 Å². The van der Waals surface area contributed by atoms with Crippen LogP contribution in [0.15, 0.2) is 12.3 Å². The lowest BCUT2D eigenvalue weighted by atomic mass is 9.94. The fourth-order valence-corrected chi connectivity index (χ4v) is 2.33. The summed E-state index contributed by atoms with van der Waals surface area (Å²) in [6.45, 7) is 10.4. The smallest absolute Gasteiger partial charge is 0.0941 e. The highest BCUT2D eigenvalue weighted by molar-refractivity contribution is 6.32. The number of hydrogen-bond donors (Lipinski definition) is 0. The van der Waals surface area contributed by atoms with E-state index in [-0.39, 0.29) is 0 Å². The Bertz CT molecular complexity index is 512. The molecule has 0 amide bonds. The van der Waals surface area contributed by atoms with Crippen molar-refractivity contribution in [2.24, 2.45) is 7.05 Å². The number of aromatic nitrogens is 2. The predicted octanol–water partition coefficient (Wildman–Crippen LogP) is 4.68. The average molecular weight is 253 g/mol. The van der Waals surface area contributed by atoms with Crippen LogP contribution >= 0.6 is 11.6 Å². The van der Waals surface area contributed by atoms with Gasteiger partial charge in [0.1, 0.15) is 0 Å². The Kier molecular flexibility index (Phi) is 4.58. The van der Waals surface area contributed by atoms with Gasteiger partial charge < -0.3 is 0 Å². The van der Waals surface area contributed by atoms with Crippen molar-refractivity contribution in [3.8, 4) is 0 Å². The predicted molar refractivity (Wildman–Crippen MR) is 75.9 cm³/mol. The monoisotopic (exact) mass is 252 g/mol. The van der Waals surface area contributed by atoms with Crippen molar-refractivity contribution in [1.82, 2.24) is 9.78 Å². The van der Waals surface area contributed by atoms with Gasteiger partial charge in [-0.15, -0.1) is 0 Å². The first-order valence-electron chi connectivity index (χ1n) is 6.13. The Morgan fingerprint density at radius 2 is 1.88 bits per heavy atom. The molecule has 0 bridgehead atoms. The normalized spacial score (nSPS) is 10.6. The molecule has 0 fully saturated rings. The SMILES string of the molecule is CC.Cc1c(Cl)cc2nn(C)cc2c1C(C)C. The lowest BCUT2D eigenvalue weighted by Gasteiger charge is -2.12. The molecule has 0 aliphatic heterocycles. The van der Waals surface area contributed by atoms with Gasteiger partial charge in [0.25, 0.3) is 0 Å². The summed E-state index contributed by atoms with van der Waals surface area (Å²) < 4.78 is 1.84. The molecule has 1 aromatic heterocycles. The average Bonchev–Trinajstić information content (AvgIpc) is 2.61. The van der Waals surface area contributed by atoms with Crippen molar-refractivity contribution in [2.75, 3.05) is 0 Å². The molecule has 0 unspecified atom stereocenters. The molecule has 1 heterocycles. The van der Waals surface area contributed by atoms with Crippen molar-refractivity contribution in [2.45, 2.75) is 40.5 Å². The van der Waals surface area contributed by atoms with Gasteiger partial charge in [-0.3, -0.25) is 4.68 Å². The number of rotatable bonds is 1. The molecule has 17 heavy (non-hydrogen) atoms. The van der Waals surface area contributed by atoms with Crippen molar-refractivity contribution in [3.63, 3.8) is 0 Å². The van der Waals surface area contributed by atoms with E-state index >= 15 is 0 Å². The van der Waals surface area contributed by atoms with E-state index in [1.54, 1.807) is 0 Å². The van der Waals surface area contributed by atoms with Crippen LogP contribution in [0.2, 0.25) is 5.02 Å². The van der Waals surface area contributed by atoms with Gasteiger partial charge in [0, 0.05) is 23.7 Å². The van der Waals surface area contributed by atoms with Crippen LogP contribution in [0.4, 0.5) is 0 Å². The van der Waals surface area contributed by atoms with E-state index in [4.69, 9.17) is 11.6 Å². The maximum atomic E-state index is 6.20.